The largest absolute Gasteiger partial charge is 0.280 e. The van der Waals surface area contributed by atoms with Gasteiger partial charge in [0.2, 0.25) is 15.9 Å². The summed E-state index contributed by atoms with van der Waals surface area (Å²) in [6, 6.07) is 10.7. The van der Waals surface area contributed by atoms with Crippen LogP contribution in [0.2, 0.25) is 0 Å². The Hall–Kier alpha value is -1.91. The van der Waals surface area contributed by atoms with Crippen LogP contribution in [-0.2, 0) is 24.8 Å². The van der Waals surface area contributed by atoms with Crippen LogP contribution in [0.25, 0.3) is 0 Å². The van der Waals surface area contributed by atoms with Gasteiger partial charge in [-0.25, -0.2) is 21.1 Å². The minimum atomic E-state index is -3.89. The van der Waals surface area contributed by atoms with Gasteiger partial charge in [0.25, 0.3) is 10.0 Å². The normalized spacial score (nSPS) is 18.3. The van der Waals surface area contributed by atoms with Gasteiger partial charge in [0.05, 0.1) is 21.8 Å². The van der Waals surface area contributed by atoms with Gasteiger partial charge in [-0.3, -0.25) is 9.52 Å². The van der Waals surface area contributed by atoms with Crippen molar-refractivity contribution < 1.29 is 21.6 Å². The standard InChI is InChI=1S/C18H19BrN2O5S2/c1-12-9-15(21-17(22)18(2,3)11-27(21,23)24)7-8-16(12)28(25,26)20-14-6-4-5-13(19)10-14/h4-10,20H,11H2,1-3H3. The summed E-state index contributed by atoms with van der Waals surface area (Å²) in [7, 11) is -7.69. The van der Waals surface area contributed by atoms with Crippen molar-refractivity contribution in [3.05, 3.63) is 52.5 Å². The zero-order valence-electron chi connectivity index (χ0n) is 15.4. The van der Waals surface area contributed by atoms with Crippen molar-refractivity contribution in [2.45, 2.75) is 25.7 Å². The molecule has 1 aliphatic rings. The number of nitrogens with one attached hydrogen (secondary N) is 1. The predicted molar refractivity (Wildman–Crippen MR) is 111 cm³/mol. The van der Waals surface area contributed by atoms with Crippen LogP contribution in [0.1, 0.15) is 19.4 Å². The van der Waals surface area contributed by atoms with E-state index >= 15 is 0 Å². The molecule has 0 bridgehead atoms. The molecule has 1 amide bonds. The van der Waals surface area contributed by atoms with E-state index < -0.39 is 31.4 Å². The molecule has 28 heavy (non-hydrogen) atoms. The van der Waals surface area contributed by atoms with Crippen LogP contribution >= 0.6 is 15.9 Å². The molecule has 1 N–H and O–H groups in total. The van der Waals surface area contributed by atoms with Crippen LogP contribution in [0.3, 0.4) is 0 Å². The lowest BCUT2D eigenvalue weighted by atomic mass is 9.95. The molecule has 3 rings (SSSR count). The molecule has 0 spiro atoms. The van der Waals surface area contributed by atoms with Crippen molar-refractivity contribution in [1.29, 1.82) is 0 Å². The van der Waals surface area contributed by atoms with Crippen LogP contribution in [0.4, 0.5) is 11.4 Å². The number of hydrogen-bond donors (Lipinski definition) is 1. The summed E-state index contributed by atoms with van der Waals surface area (Å²) < 4.78 is 54.3. The van der Waals surface area contributed by atoms with E-state index in [1.807, 2.05) is 0 Å². The highest BCUT2D eigenvalue weighted by molar-refractivity contribution is 9.10. The van der Waals surface area contributed by atoms with Gasteiger partial charge in [0.15, 0.2) is 0 Å². The molecule has 10 heteroatoms. The number of anilines is 2. The fourth-order valence-electron chi connectivity index (χ4n) is 3.08. The second kappa shape index (κ2) is 6.85. The number of carbonyl (C=O) groups is 1. The Morgan fingerprint density at radius 1 is 1.14 bits per heavy atom. The number of benzene rings is 2. The smallest absolute Gasteiger partial charge is 0.262 e. The van der Waals surface area contributed by atoms with E-state index in [-0.39, 0.29) is 16.3 Å². The lowest BCUT2D eigenvalue weighted by molar-refractivity contribution is -0.123. The highest BCUT2D eigenvalue weighted by atomic mass is 79.9. The number of nitrogens with zero attached hydrogens (tertiary/aromatic N) is 1. The maximum atomic E-state index is 12.7. The monoisotopic (exact) mass is 486 g/mol. The molecule has 1 saturated heterocycles. The topological polar surface area (TPSA) is 101 Å². The molecular weight excluding hydrogens is 468 g/mol. The molecule has 0 aromatic heterocycles. The first-order valence-electron chi connectivity index (χ1n) is 8.30. The van der Waals surface area contributed by atoms with Crippen molar-refractivity contribution in [3.63, 3.8) is 0 Å². The SMILES string of the molecule is Cc1cc(N2C(=O)C(C)(C)CS2(=O)=O)ccc1S(=O)(=O)Nc1cccc(Br)c1. The molecule has 1 fully saturated rings. The molecule has 2 aromatic rings. The van der Waals surface area contributed by atoms with Crippen molar-refractivity contribution in [2.24, 2.45) is 5.41 Å². The van der Waals surface area contributed by atoms with Crippen molar-refractivity contribution >= 4 is 53.3 Å². The molecule has 0 radical (unpaired) electrons. The van der Waals surface area contributed by atoms with E-state index in [1.165, 1.54) is 18.2 Å². The van der Waals surface area contributed by atoms with Crippen LogP contribution in [0.15, 0.2) is 51.8 Å². The average Bonchev–Trinajstić information content (AvgIpc) is 2.69. The number of carbonyl (C=O) groups excluding carboxylic acids is 1. The number of hydrogen-bond acceptors (Lipinski definition) is 5. The van der Waals surface area contributed by atoms with Gasteiger partial charge in [0, 0.05) is 10.2 Å². The quantitative estimate of drug-likeness (QED) is 0.714. The summed E-state index contributed by atoms with van der Waals surface area (Å²) in [4.78, 5) is 12.5. The first-order chi connectivity index (χ1) is 12.8. The molecule has 0 aliphatic carbocycles. The Morgan fingerprint density at radius 2 is 1.82 bits per heavy atom. The molecular formula is C18H19BrN2O5S2. The summed E-state index contributed by atoms with van der Waals surface area (Å²) in [5, 5.41) is 0. The summed E-state index contributed by atoms with van der Waals surface area (Å²) in [6.07, 6.45) is 0. The van der Waals surface area contributed by atoms with Gasteiger partial charge in [-0.1, -0.05) is 22.0 Å². The van der Waals surface area contributed by atoms with E-state index in [1.54, 1.807) is 45.0 Å². The third kappa shape index (κ3) is 3.81. The second-order valence-corrected chi connectivity index (χ2v) is 11.7. The van der Waals surface area contributed by atoms with E-state index in [0.717, 1.165) is 8.78 Å². The number of sulfonamides is 2. The molecule has 0 unspecified atom stereocenters. The summed E-state index contributed by atoms with van der Waals surface area (Å²) in [5.41, 5.74) is -0.182. The van der Waals surface area contributed by atoms with E-state index in [9.17, 15) is 21.6 Å². The highest BCUT2D eigenvalue weighted by Crippen LogP contribution is 2.36. The zero-order chi connectivity index (χ0) is 20.9. The maximum absolute atomic E-state index is 12.7. The molecule has 0 atom stereocenters. The first-order valence-corrected chi connectivity index (χ1v) is 12.2. The van der Waals surface area contributed by atoms with Crippen LogP contribution in [-0.4, -0.2) is 28.5 Å². The second-order valence-electron chi connectivity index (χ2n) is 7.28. The van der Waals surface area contributed by atoms with Gasteiger partial charge >= 0.3 is 0 Å². The molecule has 0 saturated carbocycles. The average molecular weight is 487 g/mol. The van der Waals surface area contributed by atoms with E-state index in [0.29, 0.717) is 11.3 Å². The lowest BCUT2D eigenvalue weighted by Gasteiger charge is -2.19. The minimum absolute atomic E-state index is 0.000436. The van der Waals surface area contributed by atoms with Gasteiger partial charge in [-0.2, -0.15) is 0 Å². The van der Waals surface area contributed by atoms with Crippen LogP contribution < -0.4 is 9.03 Å². The summed E-state index contributed by atoms with van der Waals surface area (Å²) in [5.74, 6) is -0.822. The van der Waals surface area contributed by atoms with Crippen molar-refractivity contribution in [1.82, 2.24) is 0 Å². The summed E-state index contributed by atoms with van der Waals surface area (Å²) in [6.45, 7) is 4.69. The van der Waals surface area contributed by atoms with Gasteiger partial charge in [0.1, 0.15) is 0 Å². The zero-order valence-corrected chi connectivity index (χ0v) is 18.7. The highest BCUT2D eigenvalue weighted by Gasteiger charge is 2.50. The Bertz CT molecular complexity index is 1170. The molecule has 150 valence electrons. The van der Waals surface area contributed by atoms with Crippen molar-refractivity contribution in [2.75, 3.05) is 14.8 Å². The first kappa shape index (κ1) is 20.8. The fourth-order valence-corrected chi connectivity index (χ4v) is 6.86. The maximum Gasteiger partial charge on any atom is 0.262 e. The Morgan fingerprint density at radius 3 is 2.36 bits per heavy atom. The molecule has 1 aliphatic heterocycles. The molecule has 2 aromatic carbocycles. The molecule has 7 nitrogen and oxygen atoms in total. The lowest BCUT2D eigenvalue weighted by Crippen LogP contribution is -2.33. The van der Waals surface area contributed by atoms with Crippen LogP contribution in [0, 0.1) is 12.3 Å². The third-order valence-corrected chi connectivity index (χ3v) is 8.40. The number of aryl methyl sites for hydroxylation is 1. The molecule has 1 heterocycles. The predicted octanol–water partition coefficient (Wildman–Crippen LogP) is 3.26. The van der Waals surface area contributed by atoms with E-state index in [4.69, 9.17) is 0 Å². The number of amides is 1. The van der Waals surface area contributed by atoms with Gasteiger partial charge in [-0.15, -0.1) is 0 Å². The minimum Gasteiger partial charge on any atom is -0.280 e. The third-order valence-electron chi connectivity index (χ3n) is 4.34. The Balaban J connectivity index is 1.98. The van der Waals surface area contributed by atoms with Gasteiger partial charge < -0.3 is 0 Å². The Labute approximate surface area is 173 Å². The van der Waals surface area contributed by atoms with Gasteiger partial charge in [-0.05, 0) is 62.7 Å². The number of halogens is 1. The van der Waals surface area contributed by atoms with Crippen LogP contribution in [0.5, 0.6) is 0 Å². The fraction of sp³-hybridized carbons (Fsp3) is 0.278. The Kier molecular flexibility index (Phi) is 5.10. The number of rotatable bonds is 4. The van der Waals surface area contributed by atoms with Crippen molar-refractivity contribution in [3.8, 4) is 0 Å². The summed E-state index contributed by atoms with van der Waals surface area (Å²) >= 11 is 3.28. The van der Waals surface area contributed by atoms with E-state index in [2.05, 4.69) is 20.7 Å².